The summed E-state index contributed by atoms with van der Waals surface area (Å²) in [5, 5.41) is 0. The minimum absolute atomic E-state index is 0.157. The monoisotopic (exact) mass is 376 g/mol. The maximum Gasteiger partial charge on any atom is 0.469 e. The van der Waals surface area contributed by atoms with E-state index >= 15 is 0 Å². The van der Waals surface area contributed by atoms with Crippen molar-refractivity contribution in [2.45, 2.75) is 104 Å². The molecular formula is C20H41O4P. The van der Waals surface area contributed by atoms with Crippen molar-refractivity contribution >= 4 is 7.82 Å². The molecule has 0 radical (unpaired) electrons. The molecule has 0 unspecified atom stereocenters. The average molecular weight is 377 g/mol. The zero-order valence-electron chi connectivity index (χ0n) is 16.5. The van der Waals surface area contributed by atoms with Crippen LogP contribution in [0.5, 0.6) is 0 Å². The third kappa shape index (κ3) is 23.9. The standard InChI is InChI=1S/C20H41O4P/c1-20(2)18-16-14-12-10-8-6-4-3-5-7-9-11-13-15-17-19-24-25(21,22)23/h3-4,20H,5-19H2,1-2H3,(H2,21,22,23). The van der Waals surface area contributed by atoms with E-state index in [0.717, 1.165) is 25.2 Å². The van der Waals surface area contributed by atoms with Crippen LogP contribution in [0.1, 0.15) is 104 Å². The van der Waals surface area contributed by atoms with Crippen molar-refractivity contribution < 1.29 is 18.9 Å². The van der Waals surface area contributed by atoms with E-state index in [1.54, 1.807) is 0 Å². The van der Waals surface area contributed by atoms with E-state index in [4.69, 9.17) is 9.79 Å². The van der Waals surface area contributed by atoms with Gasteiger partial charge in [0.1, 0.15) is 0 Å². The van der Waals surface area contributed by atoms with Gasteiger partial charge in [-0.2, -0.15) is 0 Å². The molecule has 0 aliphatic carbocycles. The second kappa shape index (κ2) is 17.3. The number of phosphoric acid groups is 1. The van der Waals surface area contributed by atoms with E-state index in [0.29, 0.717) is 0 Å². The van der Waals surface area contributed by atoms with Crippen LogP contribution in [0.15, 0.2) is 12.2 Å². The largest absolute Gasteiger partial charge is 0.469 e. The summed E-state index contributed by atoms with van der Waals surface area (Å²) in [7, 11) is -4.27. The molecule has 2 N–H and O–H groups in total. The number of hydrogen-bond donors (Lipinski definition) is 2. The smallest absolute Gasteiger partial charge is 0.303 e. The van der Waals surface area contributed by atoms with Crippen LogP contribution in [0.3, 0.4) is 0 Å². The molecule has 150 valence electrons. The first-order valence-electron chi connectivity index (χ1n) is 10.3. The third-order valence-corrected chi connectivity index (χ3v) is 4.86. The van der Waals surface area contributed by atoms with Gasteiger partial charge in [-0.1, -0.05) is 83.8 Å². The molecule has 0 aromatic heterocycles. The summed E-state index contributed by atoms with van der Waals surface area (Å²) in [5.41, 5.74) is 0. The fourth-order valence-electron chi connectivity index (χ4n) is 2.84. The van der Waals surface area contributed by atoms with Gasteiger partial charge in [0.15, 0.2) is 0 Å². The van der Waals surface area contributed by atoms with Crippen molar-refractivity contribution in [2.24, 2.45) is 5.92 Å². The van der Waals surface area contributed by atoms with Gasteiger partial charge in [0.05, 0.1) is 6.61 Å². The van der Waals surface area contributed by atoms with Crippen LogP contribution in [-0.2, 0) is 9.09 Å². The summed E-state index contributed by atoms with van der Waals surface area (Å²) in [4.78, 5) is 17.1. The number of unbranched alkanes of at least 4 members (excludes halogenated alkanes) is 11. The minimum Gasteiger partial charge on any atom is -0.303 e. The SMILES string of the molecule is CC(C)CCCCCCCC=CCCCCCCCCOP(=O)(O)O. The average Bonchev–Trinajstić information content (AvgIpc) is 2.52. The fraction of sp³-hybridized carbons (Fsp3) is 0.900. The highest BCUT2D eigenvalue weighted by molar-refractivity contribution is 7.46. The second-order valence-electron chi connectivity index (χ2n) is 7.44. The predicted molar refractivity (Wildman–Crippen MR) is 107 cm³/mol. The summed E-state index contributed by atoms with van der Waals surface area (Å²) in [6.45, 7) is 4.76. The minimum atomic E-state index is -4.27. The Morgan fingerprint density at radius 1 is 0.760 bits per heavy atom. The Labute approximate surface area is 155 Å². The molecule has 0 amide bonds. The van der Waals surface area contributed by atoms with Crippen molar-refractivity contribution in [3.63, 3.8) is 0 Å². The zero-order valence-corrected chi connectivity index (χ0v) is 17.4. The molecule has 0 aliphatic heterocycles. The van der Waals surface area contributed by atoms with E-state index in [1.807, 2.05) is 0 Å². The lowest BCUT2D eigenvalue weighted by molar-refractivity contribution is 0.193. The Hall–Kier alpha value is -0.150. The van der Waals surface area contributed by atoms with E-state index in [2.05, 4.69) is 30.5 Å². The third-order valence-electron chi connectivity index (χ3n) is 4.34. The van der Waals surface area contributed by atoms with E-state index < -0.39 is 7.82 Å². The molecule has 0 aromatic rings. The summed E-state index contributed by atoms with van der Waals surface area (Å²) in [6, 6.07) is 0. The van der Waals surface area contributed by atoms with Crippen molar-refractivity contribution in [3.8, 4) is 0 Å². The Morgan fingerprint density at radius 3 is 1.68 bits per heavy atom. The molecular weight excluding hydrogens is 335 g/mol. The van der Waals surface area contributed by atoms with Crippen LogP contribution < -0.4 is 0 Å². The van der Waals surface area contributed by atoms with Gasteiger partial charge in [0, 0.05) is 0 Å². The molecule has 0 saturated carbocycles. The van der Waals surface area contributed by atoms with Crippen LogP contribution >= 0.6 is 7.82 Å². The molecule has 4 nitrogen and oxygen atoms in total. The first-order valence-corrected chi connectivity index (χ1v) is 11.8. The molecule has 0 rings (SSSR count). The Kier molecular flexibility index (Phi) is 17.2. The van der Waals surface area contributed by atoms with Gasteiger partial charge in [0.25, 0.3) is 0 Å². The molecule has 0 spiro atoms. The Morgan fingerprint density at radius 2 is 1.20 bits per heavy atom. The lowest BCUT2D eigenvalue weighted by atomic mass is 10.0. The Bertz CT molecular complexity index is 350. The lowest BCUT2D eigenvalue weighted by Crippen LogP contribution is -1.92. The molecule has 0 bridgehead atoms. The van der Waals surface area contributed by atoms with Crippen molar-refractivity contribution in [1.29, 1.82) is 0 Å². The van der Waals surface area contributed by atoms with Crippen LogP contribution in [0, 0.1) is 5.92 Å². The van der Waals surface area contributed by atoms with E-state index in [9.17, 15) is 4.57 Å². The lowest BCUT2D eigenvalue weighted by Gasteiger charge is -2.04. The summed E-state index contributed by atoms with van der Waals surface area (Å²) >= 11 is 0. The second-order valence-corrected chi connectivity index (χ2v) is 8.68. The van der Waals surface area contributed by atoms with Crippen molar-refractivity contribution in [2.75, 3.05) is 6.61 Å². The maximum atomic E-state index is 10.5. The van der Waals surface area contributed by atoms with Gasteiger partial charge in [-0.3, -0.25) is 4.52 Å². The number of allylic oxidation sites excluding steroid dienone is 2. The van der Waals surface area contributed by atoms with Crippen LogP contribution in [0.25, 0.3) is 0 Å². The number of hydrogen-bond acceptors (Lipinski definition) is 2. The van der Waals surface area contributed by atoms with Crippen LogP contribution in [0.4, 0.5) is 0 Å². The summed E-state index contributed by atoms with van der Waals surface area (Å²) < 4.78 is 14.9. The first kappa shape index (κ1) is 24.8. The predicted octanol–water partition coefficient (Wildman–Crippen LogP) is 6.77. The molecule has 0 aliphatic rings. The Balaban J connectivity index is 3.14. The maximum absolute atomic E-state index is 10.5. The topological polar surface area (TPSA) is 66.8 Å². The van der Waals surface area contributed by atoms with Crippen LogP contribution in [0.2, 0.25) is 0 Å². The van der Waals surface area contributed by atoms with Gasteiger partial charge in [-0.15, -0.1) is 0 Å². The molecule has 0 heterocycles. The van der Waals surface area contributed by atoms with E-state index in [-0.39, 0.29) is 6.61 Å². The van der Waals surface area contributed by atoms with Gasteiger partial charge < -0.3 is 9.79 Å². The number of rotatable bonds is 18. The normalized spacial score (nSPS) is 12.5. The van der Waals surface area contributed by atoms with Crippen LogP contribution in [-0.4, -0.2) is 16.4 Å². The van der Waals surface area contributed by atoms with Gasteiger partial charge in [-0.25, -0.2) is 4.57 Å². The summed E-state index contributed by atoms with van der Waals surface area (Å²) in [6.07, 6.45) is 21.8. The molecule has 5 heteroatoms. The highest BCUT2D eigenvalue weighted by atomic mass is 31.2. The molecule has 25 heavy (non-hydrogen) atoms. The molecule has 0 aromatic carbocycles. The zero-order chi connectivity index (χ0) is 18.8. The van der Waals surface area contributed by atoms with Gasteiger partial charge in [0.2, 0.25) is 0 Å². The van der Waals surface area contributed by atoms with E-state index in [1.165, 1.54) is 70.6 Å². The molecule has 0 atom stereocenters. The molecule has 0 saturated heterocycles. The van der Waals surface area contributed by atoms with Gasteiger partial charge in [-0.05, 0) is 38.0 Å². The van der Waals surface area contributed by atoms with Gasteiger partial charge >= 0.3 is 7.82 Å². The first-order chi connectivity index (χ1) is 11.9. The highest BCUT2D eigenvalue weighted by Crippen LogP contribution is 2.35. The molecule has 0 fully saturated rings. The highest BCUT2D eigenvalue weighted by Gasteiger charge is 2.12. The van der Waals surface area contributed by atoms with Crippen molar-refractivity contribution in [3.05, 3.63) is 12.2 Å². The number of phosphoric ester groups is 1. The van der Waals surface area contributed by atoms with Crippen molar-refractivity contribution in [1.82, 2.24) is 0 Å². The summed E-state index contributed by atoms with van der Waals surface area (Å²) in [5.74, 6) is 0.852. The fourth-order valence-corrected chi connectivity index (χ4v) is 3.20. The quantitative estimate of drug-likeness (QED) is 0.157.